The van der Waals surface area contributed by atoms with Crippen LogP contribution in [0, 0.1) is 12.7 Å². The van der Waals surface area contributed by atoms with E-state index >= 15 is 0 Å². The van der Waals surface area contributed by atoms with Gasteiger partial charge in [0.25, 0.3) is 5.56 Å². The Morgan fingerprint density at radius 1 is 1.17 bits per heavy atom. The van der Waals surface area contributed by atoms with Crippen LogP contribution in [0.1, 0.15) is 45.9 Å². The highest BCUT2D eigenvalue weighted by molar-refractivity contribution is 5.92. The van der Waals surface area contributed by atoms with Crippen molar-refractivity contribution in [3.8, 4) is 11.4 Å². The predicted molar refractivity (Wildman–Crippen MR) is 107 cm³/mol. The van der Waals surface area contributed by atoms with Crippen molar-refractivity contribution in [1.29, 1.82) is 0 Å². The lowest BCUT2D eigenvalue weighted by Gasteiger charge is -2.24. The SMILES string of the molecule is COC1C(=O)OCc2c1cc1n(c2=O)Cc2c-1nc1cc(F)c(C)c3c1c2CCC3. The van der Waals surface area contributed by atoms with E-state index in [1.54, 1.807) is 4.57 Å². The molecule has 3 aromatic rings. The van der Waals surface area contributed by atoms with E-state index in [0.717, 1.165) is 41.3 Å². The fourth-order valence-corrected chi connectivity index (χ4v) is 5.27. The zero-order chi connectivity index (χ0) is 20.7. The maximum atomic E-state index is 14.6. The number of carbonyl (C=O) groups is 1. The number of esters is 1. The van der Waals surface area contributed by atoms with Crippen LogP contribution in [0.2, 0.25) is 0 Å². The molecule has 4 heterocycles. The van der Waals surface area contributed by atoms with E-state index in [1.807, 2.05) is 13.0 Å². The second-order valence-corrected chi connectivity index (χ2v) is 8.21. The number of ether oxygens (including phenoxy) is 2. The number of fused-ring (bicyclic) bond motifs is 5. The number of cyclic esters (lactones) is 1. The number of carbonyl (C=O) groups excluding carboxylic acids is 1. The highest BCUT2D eigenvalue weighted by Crippen LogP contribution is 2.42. The van der Waals surface area contributed by atoms with Gasteiger partial charge in [0.2, 0.25) is 0 Å². The molecule has 1 atom stereocenters. The molecule has 0 saturated carbocycles. The number of hydrogen-bond donors (Lipinski definition) is 0. The number of aromatic nitrogens is 2. The smallest absolute Gasteiger partial charge is 0.340 e. The van der Waals surface area contributed by atoms with E-state index in [4.69, 9.17) is 14.5 Å². The van der Waals surface area contributed by atoms with Gasteiger partial charge in [-0.3, -0.25) is 4.79 Å². The average Bonchev–Trinajstić information content (AvgIpc) is 3.11. The molecule has 2 aromatic heterocycles. The molecule has 6 nitrogen and oxygen atoms in total. The Kier molecular flexibility index (Phi) is 3.54. The molecule has 1 aliphatic carbocycles. The van der Waals surface area contributed by atoms with Crippen LogP contribution >= 0.6 is 0 Å². The predicted octanol–water partition coefficient (Wildman–Crippen LogP) is 3.11. The number of halogens is 1. The summed E-state index contributed by atoms with van der Waals surface area (Å²) in [6, 6.07) is 3.31. The molecule has 7 heteroatoms. The largest absolute Gasteiger partial charge is 0.458 e. The minimum Gasteiger partial charge on any atom is -0.458 e. The zero-order valence-electron chi connectivity index (χ0n) is 16.7. The fourth-order valence-electron chi connectivity index (χ4n) is 5.27. The average molecular weight is 406 g/mol. The molecule has 0 amide bonds. The summed E-state index contributed by atoms with van der Waals surface area (Å²) in [7, 11) is 1.42. The third-order valence-corrected chi connectivity index (χ3v) is 6.75. The van der Waals surface area contributed by atoms with E-state index < -0.39 is 12.1 Å². The minimum atomic E-state index is -0.929. The molecule has 30 heavy (non-hydrogen) atoms. The Labute approximate surface area is 171 Å². The molecule has 1 aromatic carbocycles. The number of methoxy groups -OCH3 is 1. The molecule has 1 unspecified atom stereocenters. The second kappa shape index (κ2) is 5.98. The van der Waals surface area contributed by atoms with Gasteiger partial charge in [-0.25, -0.2) is 14.2 Å². The third kappa shape index (κ3) is 2.13. The number of hydrogen-bond acceptors (Lipinski definition) is 5. The van der Waals surface area contributed by atoms with Crippen molar-refractivity contribution in [2.75, 3.05) is 7.11 Å². The first kappa shape index (κ1) is 17.8. The van der Waals surface area contributed by atoms with Crippen LogP contribution in [-0.4, -0.2) is 22.6 Å². The van der Waals surface area contributed by atoms with Crippen molar-refractivity contribution in [3.63, 3.8) is 0 Å². The fraction of sp³-hybridized carbons (Fsp3) is 0.348. The van der Waals surface area contributed by atoms with Crippen molar-refractivity contribution >= 4 is 16.9 Å². The van der Waals surface area contributed by atoms with Crippen LogP contribution in [0.25, 0.3) is 22.3 Å². The van der Waals surface area contributed by atoms with Crippen molar-refractivity contribution < 1.29 is 18.7 Å². The number of aryl methyl sites for hydroxylation is 2. The van der Waals surface area contributed by atoms with Crippen LogP contribution in [0.3, 0.4) is 0 Å². The molecule has 0 N–H and O–H groups in total. The Balaban J connectivity index is 1.67. The Bertz CT molecular complexity index is 1360. The van der Waals surface area contributed by atoms with Crippen molar-refractivity contribution in [2.45, 2.75) is 45.4 Å². The summed E-state index contributed by atoms with van der Waals surface area (Å²) >= 11 is 0. The third-order valence-electron chi connectivity index (χ3n) is 6.75. The Hall–Kier alpha value is -3.06. The monoisotopic (exact) mass is 406 g/mol. The lowest BCUT2D eigenvalue weighted by molar-refractivity contribution is -0.159. The van der Waals surface area contributed by atoms with Gasteiger partial charge in [-0.15, -0.1) is 0 Å². The lowest BCUT2D eigenvalue weighted by atomic mass is 9.85. The summed E-state index contributed by atoms with van der Waals surface area (Å²) in [5, 5.41) is 1.04. The summed E-state index contributed by atoms with van der Waals surface area (Å²) in [4.78, 5) is 30.2. The first-order valence-electron chi connectivity index (χ1n) is 10.1. The van der Waals surface area contributed by atoms with Crippen molar-refractivity contribution in [2.24, 2.45) is 0 Å². The van der Waals surface area contributed by atoms with Gasteiger partial charge < -0.3 is 14.0 Å². The van der Waals surface area contributed by atoms with E-state index in [2.05, 4.69) is 0 Å². The zero-order valence-corrected chi connectivity index (χ0v) is 16.7. The van der Waals surface area contributed by atoms with E-state index in [0.29, 0.717) is 40.1 Å². The van der Waals surface area contributed by atoms with Gasteiger partial charge in [0, 0.05) is 29.7 Å². The summed E-state index contributed by atoms with van der Waals surface area (Å²) in [6.45, 7) is 2.19. The van der Waals surface area contributed by atoms with Crippen LogP contribution in [-0.2, 0) is 40.3 Å². The van der Waals surface area contributed by atoms with Gasteiger partial charge >= 0.3 is 5.97 Å². The van der Waals surface area contributed by atoms with Crippen molar-refractivity contribution in [3.05, 3.63) is 61.7 Å². The van der Waals surface area contributed by atoms with Crippen LogP contribution in [0.5, 0.6) is 0 Å². The number of pyridine rings is 2. The summed E-state index contributed by atoms with van der Waals surface area (Å²) < 4.78 is 26.7. The minimum absolute atomic E-state index is 0.0553. The van der Waals surface area contributed by atoms with Gasteiger partial charge in [0.05, 0.1) is 29.0 Å². The molecule has 2 aliphatic heterocycles. The van der Waals surface area contributed by atoms with Gasteiger partial charge in [-0.2, -0.15) is 0 Å². The normalized spacial score (nSPS) is 18.8. The maximum Gasteiger partial charge on any atom is 0.340 e. The number of benzene rings is 1. The molecule has 0 bridgehead atoms. The molecule has 6 rings (SSSR count). The van der Waals surface area contributed by atoms with Crippen LogP contribution in [0.4, 0.5) is 4.39 Å². The second-order valence-electron chi connectivity index (χ2n) is 8.21. The molecule has 3 aliphatic rings. The van der Waals surface area contributed by atoms with E-state index in [-0.39, 0.29) is 18.0 Å². The topological polar surface area (TPSA) is 70.4 Å². The first-order valence-corrected chi connectivity index (χ1v) is 10.1. The van der Waals surface area contributed by atoms with E-state index in [9.17, 15) is 14.0 Å². The summed E-state index contributed by atoms with van der Waals surface area (Å²) in [5.74, 6) is -0.753. The summed E-state index contributed by atoms with van der Waals surface area (Å²) in [5.41, 5.74) is 6.66. The molecular weight excluding hydrogens is 387 g/mol. The molecule has 0 saturated heterocycles. The van der Waals surface area contributed by atoms with Crippen molar-refractivity contribution in [1.82, 2.24) is 9.55 Å². The first-order chi connectivity index (χ1) is 14.5. The molecular formula is C23H19FN2O4. The Morgan fingerprint density at radius 3 is 2.77 bits per heavy atom. The van der Waals surface area contributed by atoms with Gasteiger partial charge in [-0.1, -0.05) is 0 Å². The summed E-state index contributed by atoms with van der Waals surface area (Å²) in [6.07, 6.45) is 1.73. The van der Waals surface area contributed by atoms with Gasteiger partial charge in [0.1, 0.15) is 12.4 Å². The maximum absolute atomic E-state index is 14.6. The lowest BCUT2D eigenvalue weighted by Crippen LogP contribution is -2.33. The van der Waals surface area contributed by atoms with Crippen LogP contribution < -0.4 is 5.56 Å². The van der Waals surface area contributed by atoms with Crippen LogP contribution in [0.15, 0.2) is 16.9 Å². The molecule has 152 valence electrons. The quantitative estimate of drug-likeness (QED) is 0.455. The molecule has 0 spiro atoms. The number of nitrogens with zero attached hydrogens (tertiary/aromatic N) is 2. The standard InChI is InChI=1S/C23H19FN2O4/c1-10-11-4-3-5-12-14-8-26-18(20(14)25-17(19(11)12)7-16(10)24)6-13-15(22(26)27)9-30-23(28)21(13)29-2/h6-7,21H,3-5,8-9H2,1-2H3. The van der Waals surface area contributed by atoms with Gasteiger partial charge in [0.15, 0.2) is 6.10 Å². The molecule has 0 fully saturated rings. The highest BCUT2D eigenvalue weighted by Gasteiger charge is 2.36. The van der Waals surface area contributed by atoms with E-state index in [1.165, 1.54) is 13.2 Å². The Morgan fingerprint density at radius 2 is 1.97 bits per heavy atom. The highest BCUT2D eigenvalue weighted by atomic mass is 19.1. The molecule has 0 radical (unpaired) electrons. The van der Waals surface area contributed by atoms with Gasteiger partial charge in [-0.05, 0) is 48.9 Å². The number of rotatable bonds is 1.